The highest BCUT2D eigenvalue weighted by Gasteiger charge is 2.27. The Morgan fingerprint density at radius 2 is 1.97 bits per heavy atom. The van der Waals surface area contributed by atoms with E-state index >= 15 is 0 Å². The Hall–Kier alpha value is -2.68. The maximum Gasteiger partial charge on any atom is 0.238 e. The van der Waals surface area contributed by atoms with Crippen LogP contribution in [-0.4, -0.2) is 63.2 Å². The van der Waals surface area contributed by atoms with E-state index in [1.54, 1.807) is 36.4 Å². The van der Waals surface area contributed by atoms with Crippen LogP contribution in [0.2, 0.25) is 5.02 Å². The normalized spacial score (nSPS) is 16.8. The van der Waals surface area contributed by atoms with Gasteiger partial charge in [0.25, 0.3) is 0 Å². The van der Waals surface area contributed by atoms with Gasteiger partial charge in [0.05, 0.1) is 18.7 Å². The van der Waals surface area contributed by atoms with Crippen LogP contribution in [-0.2, 0) is 19.4 Å². The Morgan fingerprint density at radius 3 is 2.69 bits per heavy atom. The van der Waals surface area contributed by atoms with Crippen molar-refractivity contribution in [2.45, 2.75) is 13.0 Å². The Bertz CT molecular complexity index is 1100. The molecule has 0 N–H and O–H groups in total. The van der Waals surface area contributed by atoms with Gasteiger partial charge in [-0.1, -0.05) is 41.9 Å². The smallest absolute Gasteiger partial charge is 0.238 e. The second-order valence-electron chi connectivity index (χ2n) is 7.36. The number of morpholine rings is 1. The van der Waals surface area contributed by atoms with Crippen LogP contribution in [0.3, 0.4) is 0 Å². The summed E-state index contributed by atoms with van der Waals surface area (Å²) < 4.78 is 36.1. The SMILES string of the molecule is CC(=O)c1cc(Cl)ccc1OCC1CN(C(=O)CS(=O)(=O)C=Cc2ccccc2)CCO1. The number of rotatable bonds is 8. The van der Waals surface area contributed by atoms with Crippen LogP contribution in [0.4, 0.5) is 0 Å². The molecule has 1 fully saturated rings. The monoisotopic (exact) mass is 477 g/mol. The summed E-state index contributed by atoms with van der Waals surface area (Å²) in [6, 6.07) is 13.8. The summed E-state index contributed by atoms with van der Waals surface area (Å²) in [6.07, 6.45) is 1.02. The highest BCUT2D eigenvalue weighted by Crippen LogP contribution is 2.24. The molecule has 1 atom stereocenters. The van der Waals surface area contributed by atoms with E-state index in [4.69, 9.17) is 21.1 Å². The lowest BCUT2D eigenvalue weighted by Crippen LogP contribution is -2.49. The number of Topliss-reactive ketones (excluding diaryl/α,β-unsaturated/α-hetero) is 1. The molecule has 1 aliphatic rings. The van der Waals surface area contributed by atoms with Gasteiger partial charge < -0.3 is 14.4 Å². The average Bonchev–Trinajstić information content (AvgIpc) is 2.77. The zero-order chi connectivity index (χ0) is 23.1. The van der Waals surface area contributed by atoms with E-state index in [1.165, 1.54) is 24.0 Å². The van der Waals surface area contributed by atoms with Crippen molar-refractivity contribution < 1.29 is 27.5 Å². The molecule has 1 heterocycles. The van der Waals surface area contributed by atoms with Gasteiger partial charge in [-0.2, -0.15) is 0 Å². The summed E-state index contributed by atoms with van der Waals surface area (Å²) >= 11 is 5.94. The molecular formula is C23H24ClNO6S. The molecule has 32 heavy (non-hydrogen) atoms. The number of amides is 1. The van der Waals surface area contributed by atoms with E-state index in [0.29, 0.717) is 22.9 Å². The second kappa shape index (κ2) is 10.8. The number of carbonyl (C=O) groups excluding carboxylic acids is 2. The highest BCUT2D eigenvalue weighted by atomic mass is 35.5. The molecule has 3 rings (SSSR count). The van der Waals surface area contributed by atoms with Crippen molar-refractivity contribution in [3.63, 3.8) is 0 Å². The topological polar surface area (TPSA) is 90.0 Å². The molecule has 0 spiro atoms. The van der Waals surface area contributed by atoms with Crippen molar-refractivity contribution in [3.8, 4) is 5.75 Å². The van der Waals surface area contributed by atoms with Gasteiger partial charge >= 0.3 is 0 Å². The number of ether oxygens (including phenoxy) is 2. The van der Waals surface area contributed by atoms with Crippen molar-refractivity contribution in [1.82, 2.24) is 4.90 Å². The predicted octanol–water partition coefficient (Wildman–Crippen LogP) is 3.23. The summed E-state index contributed by atoms with van der Waals surface area (Å²) in [5.41, 5.74) is 1.09. The first kappa shape index (κ1) is 24.0. The lowest BCUT2D eigenvalue weighted by atomic mass is 10.1. The Labute approximate surface area is 192 Å². The van der Waals surface area contributed by atoms with E-state index in [-0.39, 0.29) is 25.5 Å². The van der Waals surface area contributed by atoms with Crippen LogP contribution in [0.15, 0.2) is 53.9 Å². The van der Waals surface area contributed by atoms with Crippen molar-refractivity contribution in [2.75, 3.05) is 32.1 Å². The first-order valence-corrected chi connectivity index (χ1v) is 12.1. The van der Waals surface area contributed by atoms with E-state index in [1.807, 2.05) is 6.07 Å². The molecule has 170 valence electrons. The van der Waals surface area contributed by atoms with Crippen molar-refractivity contribution in [3.05, 3.63) is 70.1 Å². The molecule has 0 aromatic heterocycles. The largest absolute Gasteiger partial charge is 0.490 e. The van der Waals surface area contributed by atoms with E-state index in [2.05, 4.69) is 0 Å². The van der Waals surface area contributed by atoms with Crippen LogP contribution >= 0.6 is 11.6 Å². The van der Waals surface area contributed by atoms with Crippen LogP contribution in [0.25, 0.3) is 6.08 Å². The minimum atomic E-state index is -3.71. The maximum absolute atomic E-state index is 12.6. The summed E-state index contributed by atoms with van der Waals surface area (Å²) in [6.45, 7) is 2.28. The van der Waals surface area contributed by atoms with Gasteiger partial charge in [-0.05, 0) is 36.8 Å². The zero-order valence-electron chi connectivity index (χ0n) is 17.6. The summed E-state index contributed by atoms with van der Waals surface area (Å²) in [4.78, 5) is 25.8. The minimum Gasteiger partial charge on any atom is -0.490 e. The van der Waals surface area contributed by atoms with Crippen LogP contribution in [0.5, 0.6) is 5.75 Å². The molecule has 0 bridgehead atoms. The Kier molecular flexibility index (Phi) is 8.06. The van der Waals surface area contributed by atoms with Gasteiger partial charge in [0, 0.05) is 17.0 Å². The minimum absolute atomic E-state index is 0.104. The average molecular weight is 478 g/mol. The molecule has 1 saturated heterocycles. The lowest BCUT2D eigenvalue weighted by molar-refractivity contribution is -0.137. The molecule has 2 aromatic carbocycles. The van der Waals surface area contributed by atoms with Gasteiger partial charge in [-0.15, -0.1) is 0 Å². The number of benzene rings is 2. The number of hydrogen-bond acceptors (Lipinski definition) is 6. The second-order valence-corrected chi connectivity index (χ2v) is 9.68. The molecule has 1 unspecified atom stereocenters. The van der Waals surface area contributed by atoms with E-state index < -0.39 is 27.6 Å². The molecule has 9 heteroatoms. The fraction of sp³-hybridized carbons (Fsp3) is 0.304. The van der Waals surface area contributed by atoms with Gasteiger partial charge in [0.1, 0.15) is 24.2 Å². The molecule has 0 aliphatic carbocycles. The van der Waals surface area contributed by atoms with Gasteiger partial charge in [-0.3, -0.25) is 9.59 Å². The van der Waals surface area contributed by atoms with Crippen molar-refractivity contribution >= 4 is 39.2 Å². The number of hydrogen-bond donors (Lipinski definition) is 0. The van der Waals surface area contributed by atoms with Crippen LogP contribution < -0.4 is 4.74 Å². The third-order valence-electron chi connectivity index (χ3n) is 4.83. The van der Waals surface area contributed by atoms with Gasteiger partial charge in [-0.25, -0.2) is 8.42 Å². The highest BCUT2D eigenvalue weighted by molar-refractivity contribution is 7.95. The molecule has 2 aromatic rings. The maximum atomic E-state index is 12.6. The van der Waals surface area contributed by atoms with Gasteiger partial charge in [0.15, 0.2) is 15.6 Å². The Morgan fingerprint density at radius 1 is 1.22 bits per heavy atom. The van der Waals surface area contributed by atoms with Gasteiger partial charge in [0.2, 0.25) is 5.91 Å². The molecule has 0 radical (unpaired) electrons. The van der Waals surface area contributed by atoms with Crippen LogP contribution in [0, 0.1) is 0 Å². The third-order valence-corrected chi connectivity index (χ3v) is 6.26. The first-order chi connectivity index (χ1) is 15.2. The molecule has 1 amide bonds. The number of halogens is 1. The van der Waals surface area contributed by atoms with Crippen molar-refractivity contribution in [1.29, 1.82) is 0 Å². The molecule has 7 nitrogen and oxygen atoms in total. The lowest BCUT2D eigenvalue weighted by Gasteiger charge is -2.32. The predicted molar refractivity (Wildman–Crippen MR) is 123 cm³/mol. The Balaban J connectivity index is 1.57. The molecule has 1 aliphatic heterocycles. The number of ketones is 1. The third kappa shape index (κ3) is 6.91. The van der Waals surface area contributed by atoms with E-state index in [0.717, 1.165) is 11.0 Å². The van der Waals surface area contributed by atoms with E-state index in [9.17, 15) is 18.0 Å². The zero-order valence-corrected chi connectivity index (χ0v) is 19.1. The summed E-state index contributed by atoms with van der Waals surface area (Å²) in [5, 5.41) is 1.49. The van der Waals surface area contributed by atoms with Crippen LogP contribution in [0.1, 0.15) is 22.8 Å². The molecular weight excluding hydrogens is 454 g/mol. The first-order valence-electron chi connectivity index (χ1n) is 10.0. The fourth-order valence-electron chi connectivity index (χ4n) is 3.19. The summed E-state index contributed by atoms with van der Waals surface area (Å²) in [5.74, 6) is -0.914. The molecule has 0 saturated carbocycles. The van der Waals surface area contributed by atoms with Crippen molar-refractivity contribution in [2.24, 2.45) is 0 Å². The fourth-order valence-corrected chi connectivity index (χ4v) is 4.35. The quantitative estimate of drug-likeness (QED) is 0.542. The number of carbonyl (C=O) groups is 2. The standard InChI is InChI=1S/C23H24ClNO6S/c1-17(26)21-13-19(24)7-8-22(21)31-15-20-14-25(10-11-30-20)23(27)16-32(28,29)12-9-18-5-3-2-4-6-18/h2-9,12-13,20H,10-11,14-16H2,1H3. The summed E-state index contributed by atoms with van der Waals surface area (Å²) in [7, 11) is -3.71. The number of sulfone groups is 1. The number of nitrogens with zero attached hydrogens (tertiary/aromatic N) is 1.